The number of benzene rings is 1. The van der Waals surface area contributed by atoms with Crippen molar-refractivity contribution in [1.29, 1.82) is 0 Å². The van der Waals surface area contributed by atoms with Crippen LogP contribution in [0.3, 0.4) is 0 Å². The van der Waals surface area contributed by atoms with E-state index < -0.39 is 29.2 Å². The molecule has 1 unspecified atom stereocenters. The number of aryl methyl sites for hydroxylation is 1. The van der Waals surface area contributed by atoms with Crippen molar-refractivity contribution in [2.45, 2.75) is 65.5 Å². The number of anilines is 1. The van der Waals surface area contributed by atoms with E-state index in [1.807, 2.05) is 0 Å². The summed E-state index contributed by atoms with van der Waals surface area (Å²) in [6, 6.07) is 5.43. The Morgan fingerprint density at radius 3 is 2.44 bits per heavy atom. The van der Waals surface area contributed by atoms with Crippen LogP contribution in [0.15, 0.2) is 33.5 Å². The molecule has 1 heterocycles. The minimum atomic E-state index is -1.19. The first-order valence-electron chi connectivity index (χ1n) is 10.5. The van der Waals surface area contributed by atoms with Gasteiger partial charge in [-0.15, -0.1) is 0 Å². The monoisotopic (exact) mass is 445 g/mol. The molecule has 3 N–H and O–H groups in total. The van der Waals surface area contributed by atoms with Crippen LogP contribution in [0.25, 0.3) is 11.0 Å². The molecule has 1 aromatic heterocycles. The van der Waals surface area contributed by atoms with Crippen LogP contribution in [0.5, 0.6) is 0 Å². The van der Waals surface area contributed by atoms with Gasteiger partial charge in [-0.25, -0.2) is 9.59 Å². The van der Waals surface area contributed by atoms with E-state index in [2.05, 4.69) is 10.6 Å². The van der Waals surface area contributed by atoms with Crippen LogP contribution in [0.4, 0.5) is 10.5 Å². The molecule has 0 spiro atoms. The third-order valence-corrected chi connectivity index (χ3v) is 5.04. The summed E-state index contributed by atoms with van der Waals surface area (Å²) in [5, 5.41) is 16.0. The van der Waals surface area contributed by atoms with Crippen molar-refractivity contribution in [2.75, 3.05) is 11.9 Å². The van der Waals surface area contributed by atoms with Crippen molar-refractivity contribution in [2.24, 2.45) is 0 Å². The van der Waals surface area contributed by atoms with E-state index in [-0.39, 0.29) is 12.3 Å². The highest BCUT2D eigenvalue weighted by Gasteiger charge is 2.37. The van der Waals surface area contributed by atoms with Gasteiger partial charge in [0, 0.05) is 42.2 Å². The van der Waals surface area contributed by atoms with Crippen molar-refractivity contribution >= 4 is 34.6 Å². The van der Waals surface area contributed by atoms with Crippen molar-refractivity contribution in [3.63, 3.8) is 0 Å². The minimum absolute atomic E-state index is 0.140. The number of carbonyl (C=O) groups excluding carboxylic acids is 2. The van der Waals surface area contributed by atoms with Gasteiger partial charge in [0.05, 0.1) is 0 Å². The van der Waals surface area contributed by atoms with Crippen LogP contribution in [0, 0.1) is 6.92 Å². The molecular weight excluding hydrogens is 414 g/mol. The topological polar surface area (TPSA) is 129 Å². The normalized spacial score (nSPS) is 12.3. The molecule has 0 bridgehead atoms. The maximum Gasteiger partial charge on any atom is 0.408 e. The molecule has 0 saturated heterocycles. The zero-order chi connectivity index (χ0) is 24.1. The smallest absolute Gasteiger partial charge is 0.408 e. The Morgan fingerprint density at radius 2 is 1.84 bits per heavy atom. The summed E-state index contributed by atoms with van der Waals surface area (Å²) in [7, 11) is 0. The fourth-order valence-corrected chi connectivity index (χ4v) is 3.62. The van der Waals surface area contributed by atoms with Crippen molar-refractivity contribution in [3.05, 3.63) is 40.2 Å². The molecule has 174 valence electrons. The first-order valence-corrected chi connectivity index (χ1v) is 10.5. The van der Waals surface area contributed by atoms with Crippen LogP contribution in [-0.2, 0) is 9.59 Å². The van der Waals surface area contributed by atoms with Gasteiger partial charge in [-0.2, -0.15) is 0 Å². The standard InChI is InChI=1S/C23H31N3O6/c1-14-12-20(28)32-19-13-16(9-10-17(14)19)25-21(29)18(8-6-7-11-24-15(2)27)26(22(30)31)23(3,4)5/h9-10,12-13,18H,6-8,11H2,1-5H3,(H,24,27)(H,25,29)(H,30,31). The molecule has 2 aromatic rings. The molecule has 1 atom stereocenters. The molecular formula is C23H31N3O6. The van der Waals surface area contributed by atoms with Crippen LogP contribution < -0.4 is 16.3 Å². The number of amides is 3. The average Bonchev–Trinajstić information content (AvgIpc) is 2.64. The Balaban J connectivity index is 2.26. The lowest BCUT2D eigenvalue weighted by molar-refractivity contribution is -0.123. The number of rotatable bonds is 8. The summed E-state index contributed by atoms with van der Waals surface area (Å²) in [5.74, 6) is -0.615. The van der Waals surface area contributed by atoms with Gasteiger partial charge in [0.1, 0.15) is 11.6 Å². The van der Waals surface area contributed by atoms with Crippen molar-refractivity contribution in [3.8, 4) is 0 Å². The molecule has 0 saturated carbocycles. The maximum atomic E-state index is 13.2. The third-order valence-electron chi connectivity index (χ3n) is 5.04. The Hall–Kier alpha value is -3.36. The second-order valence-electron chi connectivity index (χ2n) is 8.77. The van der Waals surface area contributed by atoms with E-state index in [1.165, 1.54) is 13.0 Å². The molecule has 0 aliphatic heterocycles. The van der Waals surface area contributed by atoms with E-state index in [0.717, 1.165) is 15.8 Å². The lowest BCUT2D eigenvalue weighted by Crippen LogP contribution is -2.55. The van der Waals surface area contributed by atoms with Crippen LogP contribution in [0.2, 0.25) is 0 Å². The first kappa shape index (κ1) is 24.9. The van der Waals surface area contributed by atoms with Gasteiger partial charge in [0.2, 0.25) is 11.8 Å². The van der Waals surface area contributed by atoms with Gasteiger partial charge in [0.15, 0.2) is 0 Å². The number of hydrogen-bond donors (Lipinski definition) is 3. The Kier molecular flexibility index (Phi) is 8.02. The molecule has 0 aliphatic rings. The molecule has 32 heavy (non-hydrogen) atoms. The molecule has 3 amide bonds. The Labute approximate surface area is 186 Å². The van der Waals surface area contributed by atoms with Gasteiger partial charge in [0.25, 0.3) is 0 Å². The highest BCUT2D eigenvalue weighted by Crippen LogP contribution is 2.24. The molecule has 0 aliphatic carbocycles. The summed E-state index contributed by atoms with van der Waals surface area (Å²) < 4.78 is 5.23. The van der Waals surface area contributed by atoms with Crippen LogP contribution in [-0.4, -0.2) is 46.0 Å². The molecule has 2 rings (SSSR count). The fraction of sp³-hybridized carbons (Fsp3) is 0.478. The second-order valence-corrected chi connectivity index (χ2v) is 8.77. The van der Waals surface area contributed by atoms with Gasteiger partial charge >= 0.3 is 11.7 Å². The third kappa shape index (κ3) is 6.57. The fourth-order valence-electron chi connectivity index (χ4n) is 3.62. The summed E-state index contributed by atoms with van der Waals surface area (Å²) in [6.07, 6.45) is 0.252. The summed E-state index contributed by atoms with van der Waals surface area (Å²) in [6.45, 7) is 8.86. The average molecular weight is 446 g/mol. The second kappa shape index (κ2) is 10.3. The summed E-state index contributed by atoms with van der Waals surface area (Å²) in [4.78, 5) is 49.0. The number of fused-ring (bicyclic) bond motifs is 1. The Bertz CT molecular complexity index is 1050. The maximum absolute atomic E-state index is 13.2. The highest BCUT2D eigenvalue weighted by atomic mass is 16.4. The van der Waals surface area contributed by atoms with E-state index >= 15 is 0 Å². The molecule has 9 nitrogen and oxygen atoms in total. The number of nitrogens with zero attached hydrogens (tertiary/aromatic N) is 1. The van der Waals surface area contributed by atoms with Gasteiger partial charge in [-0.3, -0.25) is 14.5 Å². The van der Waals surface area contributed by atoms with E-state index in [9.17, 15) is 24.3 Å². The Morgan fingerprint density at radius 1 is 1.16 bits per heavy atom. The number of carboxylic acid groups (broad SMARTS) is 1. The number of nitrogens with one attached hydrogen (secondary N) is 2. The number of unbranched alkanes of at least 4 members (excludes halogenated alkanes) is 1. The van der Waals surface area contributed by atoms with Crippen LogP contribution in [0.1, 0.15) is 52.5 Å². The largest absolute Gasteiger partial charge is 0.465 e. The van der Waals surface area contributed by atoms with Gasteiger partial charge in [-0.05, 0) is 64.7 Å². The number of hydrogen-bond acceptors (Lipinski definition) is 5. The highest BCUT2D eigenvalue weighted by molar-refractivity contribution is 5.98. The van der Waals surface area contributed by atoms with E-state index in [0.29, 0.717) is 30.7 Å². The lowest BCUT2D eigenvalue weighted by Gasteiger charge is -2.38. The summed E-state index contributed by atoms with van der Waals surface area (Å²) in [5.41, 5.74) is 0.208. The predicted molar refractivity (Wildman–Crippen MR) is 122 cm³/mol. The van der Waals surface area contributed by atoms with Gasteiger partial charge < -0.3 is 20.2 Å². The predicted octanol–water partition coefficient (Wildman–Crippen LogP) is 3.49. The first-order chi connectivity index (χ1) is 14.9. The lowest BCUT2D eigenvalue weighted by atomic mass is 9.99. The zero-order valence-corrected chi connectivity index (χ0v) is 19.2. The van der Waals surface area contributed by atoms with Crippen molar-refractivity contribution in [1.82, 2.24) is 10.2 Å². The molecule has 1 aromatic carbocycles. The number of carbonyl (C=O) groups is 3. The minimum Gasteiger partial charge on any atom is -0.465 e. The van der Waals surface area contributed by atoms with Crippen molar-refractivity contribution < 1.29 is 23.9 Å². The zero-order valence-electron chi connectivity index (χ0n) is 19.2. The summed E-state index contributed by atoms with van der Waals surface area (Å²) >= 11 is 0. The van der Waals surface area contributed by atoms with Crippen LogP contribution >= 0.6 is 0 Å². The SMILES string of the molecule is CC(=O)NCCCCC(C(=O)Nc1ccc2c(C)cc(=O)oc2c1)N(C(=O)O)C(C)(C)C. The quantitative estimate of drug-likeness (QED) is 0.421. The molecule has 0 fully saturated rings. The molecule has 0 radical (unpaired) electrons. The van der Waals surface area contributed by atoms with Gasteiger partial charge in [-0.1, -0.05) is 0 Å². The molecule has 9 heteroatoms. The van der Waals surface area contributed by atoms with E-state index in [1.54, 1.807) is 45.9 Å². The van der Waals surface area contributed by atoms with E-state index in [4.69, 9.17) is 4.42 Å².